The molecule has 66 valence electrons. The Kier molecular flexibility index (Phi) is 3.09. The third-order valence-electron chi connectivity index (χ3n) is 2.01. The number of nitrogen functional groups attached to an aromatic ring is 1. The monoisotopic (exact) mass is 164 g/mol. The standard InChI is InChI=1S/C10H16N2/c1-3-4-5-9-6-10(11)7-12-8(9)2/h6-7H,3-5,11H2,1-2H3. The first-order chi connectivity index (χ1) is 5.74. The summed E-state index contributed by atoms with van der Waals surface area (Å²) < 4.78 is 0. The van der Waals surface area contributed by atoms with Crippen LogP contribution in [0.2, 0.25) is 0 Å². The number of aryl methyl sites for hydroxylation is 2. The molecule has 12 heavy (non-hydrogen) atoms. The van der Waals surface area contributed by atoms with Crippen molar-refractivity contribution in [1.82, 2.24) is 4.98 Å². The van der Waals surface area contributed by atoms with Crippen molar-refractivity contribution in [3.8, 4) is 0 Å². The van der Waals surface area contributed by atoms with E-state index >= 15 is 0 Å². The van der Waals surface area contributed by atoms with Crippen LogP contribution in [0.25, 0.3) is 0 Å². The van der Waals surface area contributed by atoms with Crippen molar-refractivity contribution in [3.05, 3.63) is 23.5 Å². The molecule has 0 bridgehead atoms. The number of nitrogens with zero attached hydrogens (tertiary/aromatic N) is 1. The van der Waals surface area contributed by atoms with Crippen LogP contribution in [0, 0.1) is 6.92 Å². The molecule has 0 saturated carbocycles. The largest absolute Gasteiger partial charge is 0.397 e. The summed E-state index contributed by atoms with van der Waals surface area (Å²) in [6, 6.07) is 2.03. The molecule has 0 fully saturated rings. The number of unbranched alkanes of at least 4 members (excludes halogenated alkanes) is 1. The molecular weight excluding hydrogens is 148 g/mol. The highest BCUT2D eigenvalue weighted by Crippen LogP contribution is 2.12. The van der Waals surface area contributed by atoms with E-state index in [4.69, 9.17) is 5.73 Å². The van der Waals surface area contributed by atoms with Gasteiger partial charge in [-0.2, -0.15) is 0 Å². The Labute approximate surface area is 73.8 Å². The van der Waals surface area contributed by atoms with Crippen LogP contribution in [-0.4, -0.2) is 4.98 Å². The lowest BCUT2D eigenvalue weighted by atomic mass is 10.1. The van der Waals surface area contributed by atoms with E-state index in [9.17, 15) is 0 Å². The molecule has 0 spiro atoms. The van der Waals surface area contributed by atoms with Gasteiger partial charge in [0.05, 0.1) is 11.9 Å². The first-order valence-corrected chi connectivity index (χ1v) is 4.45. The number of rotatable bonds is 3. The van der Waals surface area contributed by atoms with Crippen LogP contribution in [0.4, 0.5) is 5.69 Å². The normalized spacial score (nSPS) is 10.2. The van der Waals surface area contributed by atoms with E-state index in [0.29, 0.717) is 0 Å². The summed E-state index contributed by atoms with van der Waals surface area (Å²) in [5.41, 5.74) is 8.80. The molecule has 0 aliphatic heterocycles. The summed E-state index contributed by atoms with van der Waals surface area (Å²) in [5.74, 6) is 0. The molecule has 0 saturated heterocycles. The van der Waals surface area contributed by atoms with Gasteiger partial charge >= 0.3 is 0 Å². The van der Waals surface area contributed by atoms with Crippen molar-refractivity contribution < 1.29 is 0 Å². The van der Waals surface area contributed by atoms with Crippen LogP contribution >= 0.6 is 0 Å². The second kappa shape index (κ2) is 4.10. The minimum atomic E-state index is 0.770. The second-order valence-corrected chi connectivity index (χ2v) is 3.12. The molecule has 0 aliphatic rings. The predicted octanol–water partition coefficient (Wildman–Crippen LogP) is 2.31. The van der Waals surface area contributed by atoms with E-state index in [1.165, 1.54) is 18.4 Å². The Bertz CT molecular complexity index is 256. The molecule has 2 heteroatoms. The molecule has 0 amide bonds. The van der Waals surface area contributed by atoms with E-state index in [1.54, 1.807) is 6.20 Å². The molecule has 0 radical (unpaired) electrons. The fraction of sp³-hybridized carbons (Fsp3) is 0.500. The van der Waals surface area contributed by atoms with Gasteiger partial charge in [0.25, 0.3) is 0 Å². The average Bonchev–Trinajstić information content (AvgIpc) is 2.07. The van der Waals surface area contributed by atoms with Crippen LogP contribution in [0.3, 0.4) is 0 Å². The van der Waals surface area contributed by atoms with Crippen LogP contribution in [-0.2, 0) is 6.42 Å². The second-order valence-electron chi connectivity index (χ2n) is 3.12. The van der Waals surface area contributed by atoms with Gasteiger partial charge in [-0.25, -0.2) is 0 Å². The summed E-state index contributed by atoms with van der Waals surface area (Å²) >= 11 is 0. The maximum Gasteiger partial charge on any atom is 0.0503 e. The molecule has 0 atom stereocenters. The molecule has 1 heterocycles. The van der Waals surface area contributed by atoms with Crippen molar-refractivity contribution in [2.24, 2.45) is 0 Å². The van der Waals surface area contributed by atoms with Crippen molar-refractivity contribution in [1.29, 1.82) is 0 Å². The Morgan fingerprint density at radius 2 is 2.25 bits per heavy atom. The van der Waals surface area contributed by atoms with E-state index in [-0.39, 0.29) is 0 Å². The molecule has 1 rings (SSSR count). The Hall–Kier alpha value is -1.05. The smallest absolute Gasteiger partial charge is 0.0503 e. The molecular formula is C10H16N2. The van der Waals surface area contributed by atoms with Gasteiger partial charge in [-0.1, -0.05) is 13.3 Å². The van der Waals surface area contributed by atoms with Crippen LogP contribution < -0.4 is 5.73 Å². The summed E-state index contributed by atoms with van der Waals surface area (Å²) in [6.07, 6.45) is 5.24. The van der Waals surface area contributed by atoms with Gasteiger partial charge < -0.3 is 5.73 Å². The highest BCUT2D eigenvalue weighted by molar-refractivity contribution is 5.39. The summed E-state index contributed by atoms with van der Waals surface area (Å²) in [7, 11) is 0. The van der Waals surface area contributed by atoms with E-state index in [1.807, 2.05) is 13.0 Å². The number of pyridine rings is 1. The Balaban J connectivity index is 2.75. The number of anilines is 1. The van der Waals surface area contributed by atoms with Gasteiger partial charge in [0.1, 0.15) is 0 Å². The molecule has 0 unspecified atom stereocenters. The van der Waals surface area contributed by atoms with Gasteiger partial charge in [-0.05, 0) is 31.4 Å². The van der Waals surface area contributed by atoms with Crippen LogP contribution in [0.15, 0.2) is 12.3 Å². The van der Waals surface area contributed by atoms with Gasteiger partial charge in [0.2, 0.25) is 0 Å². The molecule has 2 nitrogen and oxygen atoms in total. The number of aromatic nitrogens is 1. The number of hydrogen-bond donors (Lipinski definition) is 1. The topological polar surface area (TPSA) is 38.9 Å². The summed E-state index contributed by atoms with van der Waals surface area (Å²) in [6.45, 7) is 4.22. The van der Waals surface area contributed by atoms with E-state index < -0.39 is 0 Å². The number of hydrogen-bond acceptors (Lipinski definition) is 2. The molecule has 2 N–H and O–H groups in total. The van der Waals surface area contributed by atoms with Gasteiger partial charge in [0, 0.05) is 5.69 Å². The maximum absolute atomic E-state index is 5.64. The SMILES string of the molecule is CCCCc1cc(N)cnc1C. The van der Waals surface area contributed by atoms with Gasteiger partial charge in [0.15, 0.2) is 0 Å². The van der Waals surface area contributed by atoms with Crippen molar-refractivity contribution in [2.45, 2.75) is 33.1 Å². The zero-order chi connectivity index (χ0) is 8.97. The van der Waals surface area contributed by atoms with Gasteiger partial charge in [-0.15, -0.1) is 0 Å². The Morgan fingerprint density at radius 3 is 2.92 bits per heavy atom. The van der Waals surface area contributed by atoms with E-state index in [2.05, 4.69) is 11.9 Å². The van der Waals surface area contributed by atoms with Crippen LogP contribution in [0.5, 0.6) is 0 Å². The fourth-order valence-corrected chi connectivity index (χ4v) is 1.22. The third-order valence-corrected chi connectivity index (χ3v) is 2.01. The minimum Gasteiger partial charge on any atom is -0.397 e. The lowest BCUT2D eigenvalue weighted by Gasteiger charge is -2.04. The maximum atomic E-state index is 5.64. The van der Waals surface area contributed by atoms with Crippen molar-refractivity contribution in [2.75, 3.05) is 5.73 Å². The first-order valence-electron chi connectivity index (χ1n) is 4.45. The summed E-state index contributed by atoms with van der Waals surface area (Å²) in [5, 5.41) is 0. The Morgan fingerprint density at radius 1 is 1.50 bits per heavy atom. The van der Waals surface area contributed by atoms with Crippen molar-refractivity contribution in [3.63, 3.8) is 0 Å². The first kappa shape index (κ1) is 9.04. The third kappa shape index (κ3) is 2.22. The quantitative estimate of drug-likeness (QED) is 0.744. The lowest BCUT2D eigenvalue weighted by molar-refractivity contribution is 0.787. The lowest BCUT2D eigenvalue weighted by Crippen LogP contribution is -1.95. The zero-order valence-electron chi connectivity index (χ0n) is 7.80. The molecule has 1 aromatic heterocycles. The average molecular weight is 164 g/mol. The number of nitrogens with two attached hydrogens (primary N) is 1. The molecule has 1 aromatic rings. The highest BCUT2D eigenvalue weighted by Gasteiger charge is 1.98. The molecule has 0 aromatic carbocycles. The minimum absolute atomic E-state index is 0.770. The highest BCUT2D eigenvalue weighted by atomic mass is 14.7. The summed E-state index contributed by atoms with van der Waals surface area (Å²) in [4.78, 5) is 4.21. The van der Waals surface area contributed by atoms with Gasteiger partial charge in [-0.3, -0.25) is 4.98 Å². The fourth-order valence-electron chi connectivity index (χ4n) is 1.22. The molecule has 0 aliphatic carbocycles. The van der Waals surface area contributed by atoms with Crippen molar-refractivity contribution >= 4 is 5.69 Å². The van der Waals surface area contributed by atoms with E-state index in [0.717, 1.165) is 17.8 Å². The zero-order valence-corrected chi connectivity index (χ0v) is 7.80. The predicted molar refractivity (Wildman–Crippen MR) is 52.0 cm³/mol. The van der Waals surface area contributed by atoms with Crippen LogP contribution in [0.1, 0.15) is 31.0 Å².